The summed E-state index contributed by atoms with van der Waals surface area (Å²) in [6.45, 7) is 3.73. The number of nitrogens with one attached hydrogen (secondary N) is 2. The van der Waals surface area contributed by atoms with Crippen molar-refractivity contribution in [3.05, 3.63) is 23.8 Å². The Bertz CT molecular complexity index is 522. The molecule has 2 rings (SSSR count). The second-order valence-electron chi connectivity index (χ2n) is 4.69. The van der Waals surface area contributed by atoms with Gasteiger partial charge in [-0.2, -0.15) is 0 Å². The Kier molecular flexibility index (Phi) is 3.89. The Morgan fingerprint density at radius 2 is 2.00 bits per heavy atom. The molecule has 1 saturated heterocycles. The molecule has 5 nitrogen and oxygen atoms in total. The van der Waals surface area contributed by atoms with Crippen LogP contribution in [0.1, 0.15) is 18.4 Å². The first-order valence-electron chi connectivity index (χ1n) is 6.07. The molecular formula is C12H19N3O2S. The van der Waals surface area contributed by atoms with Crippen LogP contribution < -0.4 is 15.8 Å². The number of aryl methyl sites for hydroxylation is 1. The van der Waals surface area contributed by atoms with Gasteiger partial charge in [0.15, 0.2) is 0 Å². The van der Waals surface area contributed by atoms with Crippen molar-refractivity contribution < 1.29 is 8.42 Å². The van der Waals surface area contributed by atoms with Gasteiger partial charge in [0.05, 0.1) is 4.90 Å². The highest BCUT2D eigenvalue weighted by molar-refractivity contribution is 7.89. The summed E-state index contributed by atoms with van der Waals surface area (Å²) in [6.07, 6.45) is 2.08. The number of hydrogen-bond donors (Lipinski definition) is 3. The highest BCUT2D eigenvalue weighted by Gasteiger charge is 2.15. The molecule has 6 heteroatoms. The molecular weight excluding hydrogens is 250 g/mol. The monoisotopic (exact) mass is 269 g/mol. The summed E-state index contributed by atoms with van der Waals surface area (Å²) < 4.78 is 22.9. The van der Waals surface area contributed by atoms with E-state index >= 15 is 0 Å². The summed E-state index contributed by atoms with van der Waals surface area (Å²) in [5.41, 5.74) is 1.49. The molecule has 0 aliphatic carbocycles. The van der Waals surface area contributed by atoms with Gasteiger partial charge in [-0.05, 0) is 50.6 Å². The minimum absolute atomic E-state index is 0.196. The van der Waals surface area contributed by atoms with E-state index < -0.39 is 10.0 Å². The Morgan fingerprint density at radius 3 is 2.61 bits per heavy atom. The minimum Gasteiger partial charge on any atom is -0.382 e. The molecule has 0 unspecified atom stereocenters. The number of rotatable bonds is 3. The van der Waals surface area contributed by atoms with Crippen LogP contribution in [0.25, 0.3) is 0 Å². The average molecular weight is 269 g/mol. The van der Waals surface area contributed by atoms with Crippen molar-refractivity contribution in [1.82, 2.24) is 5.32 Å². The third kappa shape index (κ3) is 3.22. The van der Waals surface area contributed by atoms with Crippen LogP contribution in [-0.4, -0.2) is 27.5 Å². The molecule has 0 saturated carbocycles. The van der Waals surface area contributed by atoms with E-state index in [1.807, 2.05) is 6.07 Å². The first kappa shape index (κ1) is 13.3. The number of hydrogen-bond acceptors (Lipinski definition) is 4. The predicted octanol–water partition coefficient (Wildman–Crippen LogP) is 0.806. The molecule has 1 heterocycles. The first-order valence-corrected chi connectivity index (χ1v) is 7.62. The Hall–Kier alpha value is -1.11. The summed E-state index contributed by atoms with van der Waals surface area (Å²) >= 11 is 0. The summed E-state index contributed by atoms with van der Waals surface area (Å²) in [4.78, 5) is 0.196. The normalized spacial score (nSPS) is 17.7. The molecule has 0 spiro atoms. The van der Waals surface area contributed by atoms with Crippen LogP contribution in [-0.2, 0) is 10.0 Å². The van der Waals surface area contributed by atoms with Gasteiger partial charge in [0.1, 0.15) is 0 Å². The van der Waals surface area contributed by atoms with Crippen molar-refractivity contribution in [3.8, 4) is 0 Å². The molecule has 0 radical (unpaired) electrons. The quantitative estimate of drug-likeness (QED) is 0.758. The second-order valence-corrected chi connectivity index (χ2v) is 6.22. The van der Waals surface area contributed by atoms with E-state index in [-0.39, 0.29) is 4.90 Å². The third-order valence-corrected chi connectivity index (χ3v) is 4.26. The number of primary sulfonamides is 1. The molecule has 0 aromatic heterocycles. The summed E-state index contributed by atoms with van der Waals surface area (Å²) in [7, 11) is -3.65. The molecule has 0 amide bonds. The fraction of sp³-hybridized carbons (Fsp3) is 0.500. The van der Waals surface area contributed by atoms with Crippen LogP contribution in [0.5, 0.6) is 0 Å². The highest BCUT2D eigenvalue weighted by atomic mass is 32.2. The fourth-order valence-corrected chi connectivity index (χ4v) is 3.01. The van der Waals surface area contributed by atoms with Crippen molar-refractivity contribution in [2.45, 2.75) is 30.7 Å². The minimum atomic E-state index is -3.65. The molecule has 0 atom stereocenters. The van der Waals surface area contributed by atoms with Crippen molar-refractivity contribution in [1.29, 1.82) is 0 Å². The number of anilines is 1. The van der Waals surface area contributed by atoms with Crippen LogP contribution in [0.3, 0.4) is 0 Å². The van der Waals surface area contributed by atoms with Crippen LogP contribution in [0.4, 0.5) is 5.69 Å². The van der Waals surface area contributed by atoms with Crippen molar-refractivity contribution in [3.63, 3.8) is 0 Å². The lowest BCUT2D eigenvalue weighted by Gasteiger charge is -2.25. The molecule has 1 aliphatic heterocycles. The SMILES string of the molecule is Cc1ccc(NC2CCNCC2)cc1S(N)(=O)=O. The number of sulfonamides is 1. The van der Waals surface area contributed by atoms with Gasteiger partial charge in [0, 0.05) is 11.7 Å². The van der Waals surface area contributed by atoms with Gasteiger partial charge in [-0.1, -0.05) is 6.07 Å². The van der Waals surface area contributed by atoms with E-state index in [9.17, 15) is 8.42 Å². The van der Waals surface area contributed by atoms with Crippen LogP contribution in [0.2, 0.25) is 0 Å². The van der Waals surface area contributed by atoms with Gasteiger partial charge in [0.25, 0.3) is 0 Å². The zero-order chi connectivity index (χ0) is 13.2. The van der Waals surface area contributed by atoms with E-state index in [2.05, 4.69) is 10.6 Å². The Balaban J connectivity index is 2.19. The van der Waals surface area contributed by atoms with Gasteiger partial charge in [-0.25, -0.2) is 13.6 Å². The van der Waals surface area contributed by atoms with Crippen molar-refractivity contribution in [2.24, 2.45) is 5.14 Å². The predicted molar refractivity (Wildman–Crippen MR) is 72.1 cm³/mol. The lowest BCUT2D eigenvalue weighted by Crippen LogP contribution is -2.35. The first-order chi connectivity index (χ1) is 8.47. The number of piperidine rings is 1. The largest absolute Gasteiger partial charge is 0.382 e. The van der Waals surface area contributed by atoms with Crippen LogP contribution in [0.15, 0.2) is 23.1 Å². The van der Waals surface area contributed by atoms with Gasteiger partial charge in [0.2, 0.25) is 10.0 Å². The van der Waals surface area contributed by atoms with Gasteiger partial charge >= 0.3 is 0 Å². The molecule has 1 fully saturated rings. The Labute approximate surface area is 108 Å². The maximum atomic E-state index is 11.4. The molecule has 100 valence electrons. The summed E-state index contributed by atoms with van der Waals surface area (Å²) in [5, 5.41) is 11.8. The Morgan fingerprint density at radius 1 is 1.33 bits per heavy atom. The van der Waals surface area contributed by atoms with Crippen LogP contribution in [0, 0.1) is 6.92 Å². The maximum Gasteiger partial charge on any atom is 0.238 e. The van der Waals surface area contributed by atoms with E-state index in [4.69, 9.17) is 5.14 Å². The van der Waals surface area contributed by atoms with Crippen LogP contribution >= 0.6 is 0 Å². The van der Waals surface area contributed by atoms with E-state index in [1.165, 1.54) is 0 Å². The number of nitrogens with two attached hydrogens (primary N) is 1. The van der Waals surface area contributed by atoms with Gasteiger partial charge in [-0.15, -0.1) is 0 Å². The zero-order valence-corrected chi connectivity index (χ0v) is 11.3. The van der Waals surface area contributed by atoms with Gasteiger partial charge in [-0.3, -0.25) is 0 Å². The number of benzene rings is 1. The summed E-state index contributed by atoms with van der Waals surface area (Å²) in [5.74, 6) is 0. The van der Waals surface area contributed by atoms with E-state index in [1.54, 1.807) is 19.1 Å². The summed E-state index contributed by atoms with van der Waals surface area (Å²) in [6, 6.07) is 5.68. The maximum absolute atomic E-state index is 11.4. The average Bonchev–Trinajstić information content (AvgIpc) is 2.31. The standard InChI is InChI=1S/C12H19N3O2S/c1-9-2-3-11(8-12(9)18(13,16)17)15-10-4-6-14-7-5-10/h2-3,8,10,14-15H,4-7H2,1H3,(H2,13,16,17). The molecule has 18 heavy (non-hydrogen) atoms. The second kappa shape index (κ2) is 5.26. The van der Waals surface area contributed by atoms with Crippen molar-refractivity contribution in [2.75, 3.05) is 18.4 Å². The lowest BCUT2D eigenvalue weighted by molar-refractivity contribution is 0.479. The fourth-order valence-electron chi connectivity index (χ4n) is 2.20. The zero-order valence-electron chi connectivity index (χ0n) is 10.4. The lowest BCUT2D eigenvalue weighted by atomic mass is 10.1. The van der Waals surface area contributed by atoms with Gasteiger partial charge < -0.3 is 10.6 Å². The molecule has 1 aromatic carbocycles. The molecule has 1 aromatic rings. The van der Waals surface area contributed by atoms with E-state index in [0.29, 0.717) is 11.6 Å². The molecule has 4 N–H and O–H groups in total. The third-order valence-electron chi connectivity index (χ3n) is 3.20. The highest BCUT2D eigenvalue weighted by Crippen LogP contribution is 2.20. The molecule has 0 bridgehead atoms. The topological polar surface area (TPSA) is 84.2 Å². The molecule has 1 aliphatic rings. The van der Waals surface area contributed by atoms with E-state index in [0.717, 1.165) is 31.6 Å². The smallest absolute Gasteiger partial charge is 0.238 e. The van der Waals surface area contributed by atoms with Crippen molar-refractivity contribution >= 4 is 15.7 Å².